The topological polar surface area (TPSA) is 38.1 Å². The maximum absolute atomic E-state index is 8.71. The Hall–Kier alpha value is -0.540. The highest BCUT2D eigenvalue weighted by Crippen LogP contribution is 2.17. The van der Waals surface area contributed by atoms with Crippen molar-refractivity contribution >= 4 is 11.6 Å². The first kappa shape index (κ1) is 9.55. The molecule has 0 spiro atoms. The van der Waals surface area contributed by atoms with Gasteiger partial charge in [0.1, 0.15) is 11.0 Å². The molecule has 68 valence electrons. The lowest BCUT2D eigenvalue weighted by Crippen LogP contribution is -1.94. The summed E-state index contributed by atoms with van der Waals surface area (Å²) in [6.45, 7) is 2.13. The third-order valence-electron chi connectivity index (χ3n) is 1.85. The molecule has 0 unspecified atom stereocenters. The average Bonchev–Trinajstić information content (AvgIpc) is 2.33. The molecule has 1 aromatic heterocycles. The molecule has 0 aliphatic rings. The summed E-state index contributed by atoms with van der Waals surface area (Å²) in [6.07, 6.45) is 1.40. The van der Waals surface area contributed by atoms with Crippen molar-refractivity contribution in [2.24, 2.45) is 7.05 Å². The molecule has 0 aliphatic carbocycles. The Morgan fingerprint density at radius 2 is 2.25 bits per heavy atom. The summed E-state index contributed by atoms with van der Waals surface area (Å²) in [5.74, 6) is 0.962. The molecule has 0 aromatic carbocycles. The number of aliphatic hydroxyl groups is 1. The van der Waals surface area contributed by atoms with E-state index in [4.69, 9.17) is 16.7 Å². The quantitative estimate of drug-likeness (QED) is 0.774. The number of aliphatic hydroxyl groups excluding tert-OH is 1. The number of imidazole rings is 1. The third kappa shape index (κ3) is 1.62. The molecule has 0 atom stereocenters. The number of hydrogen-bond acceptors (Lipinski definition) is 2. The predicted molar refractivity (Wildman–Crippen MR) is 48.4 cm³/mol. The van der Waals surface area contributed by atoms with Gasteiger partial charge in [0.25, 0.3) is 0 Å². The predicted octanol–water partition coefficient (Wildman–Crippen LogP) is 1.17. The van der Waals surface area contributed by atoms with Crippen molar-refractivity contribution < 1.29 is 5.11 Å². The van der Waals surface area contributed by atoms with Crippen LogP contribution in [0.25, 0.3) is 0 Å². The van der Waals surface area contributed by atoms with Gasteiger partial charge in [0.05, 0.1) is 5.69 Å². The van der Waals surface area contributed by atoms with Crippen molar-refractivity contribution in [1.29, 1.82) is 0 Å². The summed E-state index contributed by atoms with van der Waals surface area (Å²) >= 11 is 5.96. The lowest BCUT2D eigenvalue weighted by Gasteiger charge is -1.96. The van der Waals surface area contributed by atoms with Crippen LogP contribution >= 0.6 is 11.6 Å². The largest absolute Gasteiger partial charge is 0.396 e. The smallest absolute Gasteiger partial charge is 0.131 e. The van der Waals surface area contributed by atoms with Crippen LogP contribution in [-0.2, 0) is 19.9 Å². The molecule has 1 heterocycles. The number of aryl methyl sites for hydroxylation is 1. The van der Waals surface area contributed by atoms with Crippen molar-refractivity contribution in [3.63, 3.8) is 0 Å². The van der Waals surface area contributed by atoms with E-state index in [0.717, 1.165) is 17.9 Å². The molecule has 0 saturated heterocycles. The zero-order chi connectivity index (χ0) is 9.14. The van der Waals surface area contributed by atoms with Gasteiger partial charge < -0.3 is 9.67 Å². The summed E-state index contributed by atoms with van der Waals surface area (Å²) < 4.78 is 1.85. The summed E-state index contributed by atoms with van der Waals surface area (Å²) in [5, 5.41) is 9.35. The van der Waals surface area contributed by atoms with E-state index < -0.39 is 0 Å². The van der Waals surface area contributed by atoms with E-state index in [2.05, 4.69) is 4.98 Å². The number of nitrogens with zero attached hydrogens (tertiary/aromatic N) is 2. The first-order chi connectivity index (χ1) is 5.70. The Kier molecular flexibility index (Phi) is 3.12. The van der Waals surface area contributed by atoms with Crippen molar-refractivity contribution in [1.82, 2.24) is 9.55 Å². The van der Waals surface area contributed by atoms with Crippen LogP contribution in [0.3, 0.4) is 0 Å². The van der Waals surface area contributed by atoms with E-state index in [0.29, 0.717) is 11.6 Å². The first-order valence-electron chi connectivity index (χ1n) is 4.01. The van der Waals surface area contributed by atoms with Gasteiger partial charge in [-0.1, -0.05) is 18.5 Å². The molecule has 0 aliphatic heterocycles. The molecular weight excluding hydrogens is 176 g/mol. The van der Waals surface area contributed by atoms with Gasteiger partial charge in [-0.05, 0) is 0 Å². The van der Waals surface area contributed by atoms with Gasteiger partial charge in [-0.15, -0.1) is 0 Å². The van der Waals surface area contributed by atoms with Gasteiger partial charge in [0.2, 0.25) is 0 Å². The minimum atomic E-state index is 0.0971. The number of hydrogen-bond donors (Lipinski definition) is 1. The summed E-state index contributed by atoms with van der Waals surface area (Å²) in [4.78, 5) is 4.29. The molecular formula is C8H13ClN2O. The minimum Gasteiger partial charge on any atom is -0.396 e. The maximum atomic E-state index is 8.71. The number of halogens is 1. The molecule has 1 N–H and O–H groups in total. The zero-order valence-corrected chi connectivity index (χ0v) is 8.10. The van der Waals surface area contributed by atoms with Crippen LogP contribution in [0.15, 0.2) is 0 Å². The van der Waals surface area contributed by atoms with Crippen LogP contribution in [0.4, 0.5) is 0 Å². The van der Waals surface area contributed by atoms with Crippen LogP contribution in [0, 0.1) is 0 Å². The van der Waals surface area contributed by atoms with E-state index in [9.17, 15) is 0 Å². The van der Waals surface area contributed by atoms with E-state index in [1.54, 1.807) is 0 Å². The van der Waals surface area contributed by atoms with Crippen molar-refractivity contribution in [3.05, 3.63) is 16.7 Å². The molecule has 0 radical (unpaired) electrons. The summed E-state index contributed by atoms with van der Waals surface area (Å²) in [7, 11) is 1.88. The van der Waals surface area contributed by atoms with E-state index in [1.807, 2.05) is 18.5 Å². The summed E-state index contributed by atoms with van der Waals surface area (Å²) in [6, 6.07) is 0. The SMILES string of the molecule is CCc1nc(CCO)c(Cl)n1C. The maximum Gasteiger partial charge on any atom is 0.131 e. The summed E-state index contributed by atoms with van der Waals surface area (Å²) in [5.41, 5.74) is 0.790. The average molecular weight is 189 g/mol. The van der Waals surface area contributed by atoms with Gasteiger partial charge >= 0.3 is 0 Å². The number of aromatic nitrogens is 2. The third-order valence-corrected chi connectivity index (χ3v) is 2.32. The van der Waals surface area contributed by atoms with E-state index in [-0.39, 0.29) is 6.61 Å². The molecule has 0 fully saturated rings. The monoisotopic (exact) mass is 188 g/mol. The Morgan fingerprint density at radius 3 is 2.67 bits per heavy atom. The highest BCUT2D eigenvalue weighted by atomic mass is 35.5. The highest BCUT2D eigenvalue weighted by Gasteiger charge is 2.09. The molecule has 0 amide bonds. The van der Waals surface area contributed by atoms with Gasteiger partial charge in [-0.2, -0.15) is 0 Å². The lowest BCUT2D eigenvalue weighted by molar-refractivity contribution is 0.298. The standard InChI is InChI=1S/C8H13ClN2O/c1-3-7-10-6(4-5-12)8(9)11(7)2/h12H,3-5H2,1-2H3. The highest BCUT2D eigenvalue weighted by molar-refractivity contribution is 6.30. The Morgan fingerprint density at radius 1 is 1.58 bits per heavy atom. The fourth-order valence-corrected chi connectivity index (χ4v) is 1.40. The van der Waals surface area contributed by atoms with Crippen molar-refractivity contribution in [2.45, 2.75) is 19.8 Å². The molecule has 1 rings (SSSR count). The normalized spacial score (nSPS) is 10.7. The molecule has 4 heteroatoms. The van der Waals surface area contributed by atoms with Crippen LogP contribution in [0.1, 0.15) is 18.4 Å². The van der Waals surface area contributed by atoms with Crippen LogP contribution in [-0.4, -0.2) is 21.3 Å². The van der Waals surface area contributed by atoms with Crippen LogP contribution < -0.4 is 0 Å². The van der Waals surface area contributed by atoms with Gasteiger partial charge in [-0.25, -0.2) is 4.98 Å². The second-order valence-electron chi connectivity index (χ2n) is 2.65. The second kappa shape index (κ2) is 3.92. The molecule has 0 saturated carbocycles. The molecule has 1 aromatic rings. The first-order valence-corrected chi connectivity index (χ1v) is 4.39. The molecule has 12 heavy (non-hydrogen) atoms. The van der Waals surface area contributed by atoms with Crippen LogP contribution in [0.5, 0.6) is 0 Å². The van der Waals surface area contributed by atoms with E-state index in [1.165, 1.54) is 0 Å². The van der Waals surface area contributed by atoms with E-state index >= 15 is 0 Å². The van der Waals surface area contributed by atoms with Crippen molar-refractivity contribution in [2.75, 3.05) is 6.61 Å². The van der Waals surface area contributed by atoms with Gasteiger partial charge in [0.15, 0.2) is 0 Å². The fourth-order valence-electron chi connectivity index (χ4n) is 1.16. The lowest BCUT2D eigenvalue weighted by atomic mass is 10.3. The minimum absolute atomic E-state index is 0.0971. The zero-order valence-electron chi connectivity index (χ0n) is 7.34. The fraction of sp³-hybridized carbons (Fsp3) is 0.625. The molecule has 0 bridgehead atoms. The van der Waals surface area contributed by atoms with Crippen LogP contribution in [0.2, 0.25) is 5.15 Å². The Bertz CT molecular complexity index is 270. The Balaban J connectivity index is 2.98. The number of rotatable bonds is 3. The van der Waals surface area contributed by atoms with Gasteiger partial charge in [0, 0.05) is 26.5 Å². The van der Waals surface area contributed by atoms with Crippen molar-refractivity contribution in [3.8, 4) is 0 Å². The van der Waals surface area contributed by atoms with Gasteiger partial charge in [-0.3, -0.25) is 0 Å². The molecule has 3 nitrogen and oxygen atoms in total. The Labute approximate surface area is 77.0 Å². The second-order valence-corrected chi connectivity index (χ2v) is 3.01.